The number of carbonyl (C=O) groups excluding carboxylic acids is 2. The van der Waals surface area contributed by atoms with Gasteiger partial charge in [0.25, 0.3) is 0 Å². The van der Waals surface area contributed by atoms with Crippen molar-refractivity contribution in [2.24, 2.45) is 17.4 Å². The third-order valence-corrected chi connectivity index (χ3v) is 7.48. The molecule has 0 spiro atoms. The molecule has 3 rings (SSSR count). The molecule has 1 aromatic heterocycles. The molecule has 1 heterocycles. The van der Waals surface area contributed by atoms with Crippen molar-refractivity contribution >= 4 is 17.7 Å². The highest BCUT2D eigenvalue weighted by molar-refractivity contribution is 5.96. The molecular formula is C32H37F6N5O4. The van der Waals surface area contributed by atoms with Crippen LogP contribution in [0.2, 0.25) is 0 Å². The van der Waals surface area contributed by atoms with Crippen molar-refractivity contribution in [3.63, 3.8) is 0 Å². The molecule has 0 bridgehead atoms. The molecule has 15 heteroatoms. The SMILES string of the molecule is C[C@H](COC(=O)NCC(F)(F)F)[C@@H](C)O[C@@H](CN)CCc1c(F)cncc1NC(=O)[C@@H](N)C(c1ccc(F)cc1)c1ccc(F)cc1. The van der Waals surface area contributed by atoms with Gasteiger partial charge in [-0.3, -0.25) is 9.78 Å². The molecule has 6 N–H and O–H groups in total. The smallest absolute Gasteiger partial charge is 0.407 e. The van der Waals surface area contributed by atoms with Crippen LogP contribution in [0.5, 0.6) is 0 Å². The van der Waals surface area contributed by atoms with E-state index >= 15 is 4.39 Å². The summed E-state index contributed by atoms with van der Waals surface area (Å²) in [7, 11) is 0. The van der Waals surface area contributed by atoms with E-state index in [1.54, 1.807) is 19.2 Å². The van der Waals surface area contributed by atoms with Crippen LogP contribution in [0.1, 0.15) is 42.9 Å². The first-order valence-electron chi connectivity index (χ1n) is 14.7. The Morgan fingerprint density at radius 1 is 0.936 bits per heavy atom. The number of rotatable bonds is 15. The van der Waals surface area contributed by atoms with Crippen molar-refractivity contribution in [3.8, 4) is 0 Å². The zero-order valence-corrected chi connectivity index (χ0v) is 25.7. The maximum Gasteiger partial charge on any atom is 0.407 e. The average molecular weight is 670 g/mol. The lowest BCUT2D eigenvalue weighted by Gasteiger charge is -2.26. The molecule has 0 fully saturated rings. The summed E-state index contributed by atoms with van der Waals surface area (Å²) >= 11 is 0. The van der Waals surface area contributed by atoms with Crippen LogP contribution in [0.25, 0.3) is 0 Å². The number of nitrogens with two attached hydrogens (primary N) is 2. The molecule has 4 atom stereocenters. The molecule has 2 aromatic carbocycles. The third kappa shape index (κ3) is 11.5. The summed E-state index contributed by atoms with van der Waals surface area (Å²) in [5.74, 6) is -3.64. The Morgan fingerprint density at radius 3 is 2.04 bits per heavy atom. The van der Waals surface area contributed by atoms with E-state index in [9.17, 15) is 31.5 Å². The Labute approximate surface area is 268 Å². The van der Waals surface area contributed by atoms with Gasteiger partial charge < -0.3 is 31.6 Å². The average Bonchev–Trinajstić information content (AvgIpc) is 3.03. The van der Waals surface area contributed by atoms with Crippen LogP contribution in [0.15, 0.2) is 60.9 Å². The number of nitrogens with zero attached hydrogens (tertiary/aromatic N) is 1. The van der Waals surface area contributed by atoms with Gasteiger partial charge in [0.15, 0.2) is 0 Å². The first-order chi connectivity index (χ1) is 22.2. The number of aromatic nitrogens is 1. The second kappa shape index (κ2) is 17.1. The maximum atomic E-state index is 15.0. The van der Waals surface area contributed by atoms with Gasteiger partial charge in [0.05, 0.1) is 42.9 Å². The molecule has 47 heavy (non-hydrogen) atoms. The zero-order valence-electron chi connectivity index (χ0n) is 25.7. The molecule has 256 valence electrons. The summed E-state index contributed by atoms with van der Waals surface area (Å²) < 4.78 is 89.9. The van der Waals surface area contributed by atoms with Gasteiger partial charge in [0.1, 0.15) is 24.0 Å². The summed E-state index contributed by atoms with van der Waals surface area (Å²) in [6, 6.07) is 9.46. The number of pyridine rings is 1. The Balaban J connectivity index is 1.67. The topological polar surface area (TPSA) is 142 Å². The van der Waals surface area contributed by atoms with Gasteiger partial charge in [-0.15, -0.1) is 0 Å². The molecule has 3 aromatic rings. The quantitative estimate of drug-likeness (QED) is 0.163. The highest BCUT2D eigenvalue weighted by Crippen LogP contribution is 2.29. The first kappa shape index (κ1) is 37.2. The molecule has 0 saturated carbocycles. The van der Waals surface area contributed by atoms with Gasteiger partial charge >= 0.3 is 12.3 Å². The van der Waals surface area contributed by atoms with Gasteiger partial charge in [0, 0.05) is 23.9 Å². The van der Waals surface area contributed by atoms with E-state index in [0.29, 0.717) is 11.1 Å². The van der Waals surface area contributed by atoms with E-state index in [-0.39, 0.29) is 37.2 Å². The van der Waals surface area contributed by atoms with Gasteiger partial charge in [-0.25, -0.2) is 18.0 Å². The number of halogens is 6. The van der Waals surface area contributed by atoms with E-state index < -0.39 is 72.3 Å². The van der Waals surface area contributed by atoms with Crippen molar-refractivity contribution in [2.45, 2.75) is 57.0 Å². The highest BCUT2D eigenvalue weighted by Gasteiger charge is 2.30. The van der Waals surface area contributed by atoms with Crippen LogP contribution in [-0.4, -0.2) is 61.1 Å². The summed E-state index contributed by atoms with van der Waals surface area (Å²) in [6.45, 7) is 1.61. The van der Waals surface area contributed by atoms with E-state index in [2.05, 4.69) is 10.3 Å². The number of anilines is 1. The number of alkyl halides is 3. The molecule has 0 aliphatic carbocycles. The minimum Gasteiger partial charge on any atom is -0.449 e. The van der Waals surface area contributed by atoms with Crippen LogP contribution in [0.4, 0.5) is 36.8 Å². The van der Waals surface area contributed by atoms with Crippen LogP contribution in [0.3, 0.4) is 0 Å². The van der Waals surface area contributed by atoms with Crippen LogP contribution < -0.4 is 22.1 Å². The number of amides is 2. The summed E-state index contributed by atoms with van der Waals surface area (Å²) in [5.41, 5.74) is 13.4. The number of hydrogen-bond donors (Lipinski definition) is 4. The second-order valence-electron chi connectivity index (χ2n) is 11.0. The monoisotopic (exact) mass is 669 g/mol. The molecule has 9 nitrogen and oxygen atoms in total. The lowest BCUT2D eigenvalue weighted by Crippen LogP contribution is -2.41. The number of benzene rings is 2. The maximum absolute atomic E-state index is 15.0. The Hall–Kier alpha value is -4.21. The van der Waals surface area contributed by atoms with E-state index in [1.807, 2.05) is 0 Å². The van der Waals surface area contributed by atoms with E-state index in [4.69, 9.17) is 20.9 Å². The van der Waals surface area contributed by atoms with Crippen molar-refractivity contribution in [3.05, 3.63) is 95.1 Å². The fraction of sp³-hybridized carbons (Fsp3) is 0.406. The highest BCUT2D eigenvalue weighted by atomic mass is 19.4. The fourth-order valence-electron chi connectivity index (χ4n) is 4.69. The van der Waals surface area contributed by atoms with Crippen molar-refractivity contribution < 1.29 is 45.4 Å². The van der Waals surface area contributed by atoms with Crippen molar-refractivity contribution in [1.82, 2.24) is 10.3 Å². The van der Waals surface area contributed by atoms with Gasteiger partial charge in [-0.2, -0.15) is 13.2 Å². The fourth-order valence-corrected chi connectivity index (χ4v) is 4.69. The standard InChI is InChI=1S/C32H37F6N5O4/c1-18(16-46-31(45)42-17-32(36,37)38)19(2)47-24(13-39)11-12-25-26(35)14-41-15-27(25)43-30(44)29(40)28(20-3-7-22(33)8-4-20)21-5-9-23(34)10-6-21/h3-10,14-15,18-19,24,28-29H,11-13,16-17,39-40H2,1-2H3,(H,42,45)(H,43,44)/t18-,19-,24-,29+/m1/s1. The van der Waals surface area contributed by atoms with Crippen LogP contribution in [-0.2, 0) is 20.7 Å². The Morgan fingerprint density at radius 2 is 1.51 bits per heavy atom. The predicted molar refractivity (Wildman–Crippen MR) is 162 cm³/mol. The molecule has 0 radical (unpaired) electrons. The zero-order chi connectivity index (χ0) is 34.7. The lowest BCUT2D eigenvalue weighted by atomic mass is 9.85. The van der Waals surface area contributed by atoms with Gasteiger partial charge in [-0.05, 0) is 55.2 Å². The van der Waals surface area contributed by atoms with Crippen molar-refractivity contribution in [1.29, 1.82) is 0 Å². The first-order valence-corrected chi connectivity index (χ1v) is 14.7. The number of hydrogen-bond acceptors (Lipinski definition) is 7. The van der Waals surface area contributed by atoms with Gasteiger partial charge in [0.2, 0.25) is 5.91 Å². The van der Waals surface area contributed by atoms with E-state index in [0.717, 1.165) is 6.20 Å². The minimum atomic E-state index is -4.57. The summed E-state index contributed by atoms with van der Waals surface area (Å²) in [6.07, 6.45) is -4.45. The second-order valence-corrected chi connectivity index (χ2v) is 11.0. The van der Waals surface area contributed by atoms with E-state index in [1.165, 1.54) is 54.7 Å². The molecular weight excluding hydrogens is 632 g/mol. The Kier molecular flexibility index (Phi) is 13.5. The predicted octanol–water partition coefficient (Wildman–Crippen LogP) is 5.19. The largest absolute Gasteiger partial charge is 0.449 e. The summed E-state index contributed by atoms with van der Waals surface area (Å²) in [5, 5.41) is 4.24. The van der Waals surface area contributed by atoms with Gasteiger partial charge in [-0.1, -0.05) is 31.2 Å². The molecule has 0 aliphatic heterocycles. The third-order valence-electron chi connectivity index (χ3n) is 7.48. The minimum absolute atomic E-state index is 0.0281. The molecule has 0 saturated heterocycles. The summed E-state index contributed by atoms with van der Waals surface area (Å²) in [4.78, 5) is 28.8. The molecule has 0 aliphatic rings. The lowest BCUT2D eigenvalue weighted by molar-refractivity contribution is -0.124. The van der Waals surface area contributed by atoms with Crippen LogP contribution in [0, 0.1) is 23.4 Å². The number of ether oxygens (including phenoxy) is 2. The Bertz CT molecular complexity index is 1410. The molecule has 2 amide bonds. The molecule has 0 unspecified atom stereocenters. The van der Waals surface area contributed by atoms with Crippen molar-refractivity contribution in [2.75, 3.05) is 25.0 Å². The number of nitrogens with one attached hydrogen (secondary N) is 2. The number of carbonyl (C=O) groups is 2. The normalized spacial score (nSPS) is 14.3. The van der Waals surface area contributed by atoms with Crippen LogP contribution >= 0.6 is 0 Å². The number of alkyl carbamates (subject to hydrolysis) is 1.